The fraction of sp³-hybridized carbons (Fsp3) is 0.682. The van der Waals surface area contributed by atoms with Gasteiger partial charge in [-0.25, -0.2) is 9.48 Å². The third-order valence-corrected chi connectivity index (χ3v) is 9.25. The summed E-state index contributed by atoms with van der Waals surface area (Å²) in [6.07, 6.45) is 1.06. The highest BCUT2D eigenvalue weighted by atomic mass is 32.2. The molecule has 5 rings (SSSR count). The van der Waals surface area contributed by atoms with Crippen LogP contribution in [0, 0.1) is 11.8 Å². The first kappa shape index (κ1) is 26.5. The molecule has 3 amide bonds. The highest BCUT2D eigenvalue weighted by Crippen LogP contribution is 2.51. The molecule has 0 aromatic carbocycles. The summed E-state index contributed by atoms with van der Waals surface area (Å²) >= 11 is 1.39. The molecule has 4 aliphatic heterocycles. The lowest BCUT2D eigenvalue weighted by Crippen LogP contribution is -2.66. The summed E-state index contributed by atoms with van der Waals surface area (Å²) in [4.78, 5) is 54.2. The fourth-order valence-electron chi connectivity index (χ4n) is 5.86. The van der Waals surface area contributed by atoms with Crippen molar-refractivity contribution in [2.45, 2.75) is 62.3 Å². The zero-order valence-electron chi connectivity index (χ0n) is 20.9. The van der Waals surface area contributed by atoms with Gasteiger partial charge in [0.15, 0.2) is 0 Å². The molecule has 8 atom stereocenters. The SMILES string of the molecule is CC(NC(=O)Cn1cnnn1)[C@H]1C(=O)N2C(C(=O)O)=C(S[C@@H]3CN[C@H](C(=O)N4C[C@@H](O)[C@@H](N)C4)C3)[C@H](C)[C@H]12. The largest absolute Gasteiger partial charge is 0.477 e. The van der Waals surface area contributed by atoms with Gasteiger partial charge in [0, 0.05) is 47.8 Å². The summed E-state index contributed by atoms with van der Waals surface area (Å²) in [5.41, 5.74) is 5.81. The third-order valence-electron chi connectivity index (χ3n) is 7.74. The first-order valence-electron chi connectivity index (χ1n) is 12.5. The number of carbonyl (C=O) groups is 4. The second kappa shape index (κ2) is 10.2. The van der Waals surface area contributed by atoms with Gasteiger partial charge in [0.1, 0.15) is 18.6 Å². The van der Waals surface area contributed by atoms with Gasteiger partial charge in [-0.2, -0.15) is 0 Å². The molecule has 0 saturated carbocycles. The van der Waals surface area contributed by atoms with Gasteiger partial charge >= 0.3 is 5.97 Å². The van der Waals surface area contributed by atoms with Gasteiger partial charge in [0.2, 0.25) is 17.7 Å². The standard InChI is InChI=1S/C22H31N9O6S/c1-9-17-16(10(2)26-15(33)7-30-8-25-27-28-30)21(35)31(17)18(22(36)37)19(9)38-11-3-13(24-4-11)20(34)29-5-12(23)14(32)6-29/h8-14,16-17,24,32H,3-7,23H2,1-2H3,(H,26,33)(H,36,37)/t9-,10?,11+,12+,13+,14-,16-,17-/m1/s1. The molecule has 16 heteroatoms. The van der Waals surface area contributed by atoms with Crippen LogP contribution in [0.5, 0.6) is 0 Å². The Labute approximate surface area is 222 Å². The maximum Gasteiger partial charge on any atom is 0.353 e. The van der Waals surface area contributed by atoms with E-state index in [-0.39, 0.29) is 53.7 Å². The molecule has 0 bridgehead atoms. The molecule has 3 fully saturated rings. The number of carbonyl (C=O) groups excluding carboxylic acids is 3. The van der Waals surface area contributed by atoms with E-state index in [1.807, 2.05) is 6.92 Å². The molecule has 1 aromatic heterocycles. The number of β-amino-alcohol motifs (C(OH)–C–C–N with tert-alkyl or cyclic N) is 1. The number of hydrogen-bond acceptors (Lipinski definition) is 11. The molecule has 3 saturated heterocycles. The number of nitrogens with zero attached hydrogens (tertiary/aromatic N) is 6. The van der Waals surface area contributed by atoms with Crippen molar-refractivity contribution < 1.29 is 29.4 Å². The molecule has 0 aliphatic carbocycles. The van der Waals surface area contributed by atoms with Gasteiger partial charge in [0.05, 0.1) is 24.1 Å². The van der Waals surface area contributed by atoms with Crippen LogP contribution in [0.15, 0.2) is 16.9 Å². The number of thioether (sulfide) groups is 1. The smallest absolute Gasteiger partial charge is 0.353 e. The topological polar surface area (TPSA) is 209 Å². The van der Waals surface area contributed by atoms with Crippen molar-refractivity contribution in [2.24, 2.45) is 17.6 Å². The minimum absolute atomic E-state index is 0.0237. The molecular weight excluding hydrogens is 518 g/mol. The highest BCUT2D eigenvalue weighted by molar-refractivity contribution is 8.03. The number of rotatable bonds is 8. The van der Waals surface area contributed by atoms with Gasteiger partial charge in [-0.15, -0.1) is 16.9 Å². The van der Waals surface area contributed by atoms with E-state index in [4.69, 9.17) is 5.73 Å². The number of aromatic nitrogens is 4. The number of β-lactam (4-membered cyclic amide) rings is 1. The Bertz CT molecular complexity index is 1150. The zero-order valence-corrected chi connectivity index (χ0v) is 21.7. The summed E-state index contributed by atoms with van der Waals surface area (Å²) in [7, 11) is 0. The van der Waals surface area contributed by atoms with Crippen molar-refractivity contribution in [3.05, 3.63) is 16.9 Å². The number of aliphatic carboxylic acids is 1. The lowest BCUT2D eigenvalue weighted by atomic mass is 9.78. The van der Waals surface area contributed by atoms with E-state index in [0.717, 1.165) is 0 Å². The van der Waals surface area contributed by atoms with Gasteiger partial charge in [-0.1, -0.05) is 6.92 Å². The summed E-state index contributed by atoms with van der Waals surface area (Å²) in [6, 6.07) is -1.82. The van der Waals surface area contributed by atoms with Crippen LogP contribution in [0.1, 0.15) is 20.3 Å². The molecule has 1 unspecified atom stereocenters. The lowest BCUT2D eigenvalue weighted by Gasteiger charge is -2.47. The van der Waals surface area contributed by atoms with E-state index in [0.29, 0.717) is 24.4 Å². The van der Waals surface area contributed by atoms with Gasteiger partial charge in [-0.3, -0.25) is 14.4 Å². The molecule has 6 N–H and O–H groups in total. The van der Waals surface area contributed by atoms with Crippen molar-refractivity contribution in [1.29, 1.82) is 0 Å². The number of carboxylic acids is 1. The number of likely N-dealkylation sites (tertiary alicyclic amines) is 1. The van der Waals surface area contributed by atoms with E-state index in [2.05, 4.69) is 26.2 Å². The molecule has 0 spiro atoms. The Morgan fingerprint density at radius 1 is 1.34 bits per heavy atom. The van der Waals surface area contributed by atoms with Gasteiger partial charge in [-0.05, 0) is 23.8 Å². The summed E-state index contributed by atoms with van der Waals surface area (Å²) in [5.74, 6) is -2.83. The van der Waals surface area contributed by atoms with E-state index in [9.17, 15) is 29.4 Å². The Morgan fingerprint density at radius 2 is 2.11 bits per heavy atom. The van der Waals surface area contributed by atoms with Gasteiger partial charge < -0.3 is 36.4 Å². The molecule has 4 aliphatic rings. The fourth-order valence-corrected chi connectivity index (χ4v) is 7.34. The number of fused-ring (bicyclic) bond motifs is 1. The number of aliphatic hydroxyl groups is 1. The molecular formula is C22H31N9O6S. The number of hydrogen-bond donors (Lipinski definition) is 5. The first-order chi connectivity index (χ1) is 18.1. The van der Waals surface area contributed by atoms with Gasteiger partial charge in [0.25, 0.3) is 0 Å². The minimum atomic E-state index is -1.18. The van der Waals surface area contributed by atoms with Crippen molar-refractivity contribution >= 4 is 35.5 Å². The minimum Gasteiger partial charge on any atom is -0.477 e. The number of aliphatic hydroxyl groups excluding tert-OH is 1. The van der Waals surface area contributed by atoms with E-state index in [1.165, 1.54) is 27.7 Å². The maximum atomic E-state index is 13.1. The quantitative estimate of drug-likeness (QED) is 0.205. The van der Waals surface area contributed by atoms with Crippen LogP contribution in [-0.2, 0) is 25.7 Å². The van der Waals surface area contributed by atoms with Crippen LogP contribution in [-0.4, -0.2) is 119 Å². The Hall–Kier alpha value is -3.08. The summed E-state index contributed by atoms with van der Waals surface area (Å²) in [5, 5.41) is 36.5. The number of carboxylic acid groups (broad SMARTS) is 1. The van der Waals surface area contributed by atoms with E-state index < -0.39 is 36.1 Å². The molecule has 206 valence electrons. The summed E-state index contributed by atoms with van der Waals surface area (Å²) in [6.45, 7) is 4.52. The third kappa shape index (κ3) is 4.65. The van der Waals surface area contributed by atoms with Crippen LogP contribution in [0.2, 0.25) is 0 Å². The van der Waals surface area contributed by atoms with Crippen LogP contribution in [0.4, 0.5) is 0 Å². The Kier molecular flexibility index (Phi) is 7.15. The number of amides is 3. The van der Waals surface area contributed by atoms with Crippen molar-refractivity contribution in [3.8, 4) is 0 Å². The highest BCUT2D eigenvalue weighted by Gasteiger charge is 2.60. The van der Waals surface area contributed by atoms with Crippen molar-refractivity contribution in [2.75, 3.05) is 19.6 Å². The van der Waals surface area contributed by atoms with Crippen LogP contribution < -0.4 is 16.4 Å². The molecule has 0 radical (unpaired) electrons. The Morgan fingerprint density at radius 3 is 2.74 bits per heavy atom. The predicted octanol–water partition coefficient (Wildman–Crippen LogP) is -3.06. The van der Waals surface area contributed by atoms with Crippen LogP contribution in [0.3, 0.4) is 0 Å². The number of nitrogens with one attached hydrogen (secondary N) is 2. The first-order valence-corrected chi connectivity index (χ1v) is 13.4. The number of nitrogens with two attached hydrogens (primary N) is 1. The predicted molar refractivity (Wildman–Crippen MR) is 132 cm³/mol. The summed E-state index contributed by atoms with van der Waals surface area (Å²) < 4.78 is 1.27. The maximum absolute atomic E-state index is 13.1. The average Bonchev–Trinajstić information content (AvgIpc) is 3.63. The molecule has 5 heterocycles. The average molecular weight is 550 g/mol. The monoisotopic (exact) mass is 549 g/mol. The van der Waals surface area contributed by atoms with E-state index >= 15 is 0 Å². The van der Waals surface area contributed by atoms with Crippen molar-refractivity contribution in [3.63, 3.8) is 0 Å². The lowest BCUT2D eigenvalue weighted by molar-refractivity contribution is -0.158. The van der Waals surface area contributed by atoms with Crippen LogP contribution in [0.25, 0.3) is 0 Å². The van der Waals surface area contributed by atoms with E-state index in [1.54, 1.807) is 11.8 Å². The normalized spacial score (nSPS) is 33.4. The molecule has 1 aromatic rings. The molecule has 38 heavy (non-hydrogen) atoms. The van der Waals surface area contributed by atoms with Crippen LogP contribution >= 0.6 is 11.8 Å². The van der Waals surface area contributed by atoms with Crippen molar-refractivity contribution in [1.82, 2.24) is 40.6 Å². The second-order valence-corrected chi connectivity index (χ2v) is 11.6. The molecule has 15 nitrogen and oxygen atoms in total. The Balaban J connectivity index is 1.23. The second-order valence-electron chi connectivity index (χ2n) is 10.3. The number of tetrazole rings is 1. The zero-order chi connectivity index (χ0) is 27.3.